The highest BCUT2D eigenvalue weighted by Crippen LogP contribution is 2.26. The molecule has 0 saturated carbocycles. The fourth-order valence-corrected chi connectivity index (χ4v) is 1.98. The molecule has 1 amide bonds. The normalized spacial score (nSPS) is 10.4. The number of hydrogen-bond donors (Lipinski definition) is 2. The third-order valence-corrected chi connectivity index (χ3v) is 2.93. The molecule has 2 N–H and O–H groups in total. The molecule has 2 aromatic rings. The minimum atomic E-state index is -1.20. The quantitative estimate of drug-likeness (QED) is 0.911. The van der Waals surface area contributed by atoms with Crippen LogP contribution in [0.2, 0.25) is 5.02 Å². The van der Waals surface area contributed by atoms with Crippen molar-refractivity contribution in [3.05, 3.63) is 52.8 Å². The largest absolute Gasteiger partial charge is 0.477 e. The van der Waals surface area contributed by atoms with Gasteiger partial charge in [-0.25, -0.2) is 13.6 Å². The first-order valence-electron chi connectivity index (χ1n) is 5.71. The Morgan fingerprint density at radius 1 is 1.33 bits per heavy atom. The Hall–Kier alpha value is -2.41. The van der Waals surface area contributed by atoms with E-state index in [0.717, 1.165) is 6.07 Å². The lowest BCUT2D eigenvalue weighted by Gasteiger charge is -2.10. The minimum absolute atomic E-state index is 0.0872. The predicted molar refractivity (Wildman–Crippen MR) is 71.4 cm³/mol. The van der Waals surface area contributed by atoms with Crippen LogP contribution in [0.25, 0.3) is 0 Å². The number of benzene rings is 1. The zero-order valence-electron chi connectivity index (χ0n) is 10.4. The van der Waals surface area contributed by atoms with Gasteiger partial charge in [0.2, 0.25) is 5.91 Å². The van der Waals surface area contributed by atoms with E-state index in [4.69, 9.17) is 16.7 Å². The number of nitrogens with one attached hydrogen (secondary N) is 1. The van der Waals surface area contributed by atoms with Crippen molar-refractivity contribution >= 4 is 29.2 Å². The molecule has 110 valence electrons. The second-order valence-corrected chi connectivity index (χ2v) is 4.53. The van der Waals surface area contributed by atoms with E-state index in [9.17, 15) is 18.4 Å². The Balaban J connectivity index is 2.16. The lowest BCUT2D eigenvalue weighted by molar-refractivity contribution is -0.116. The number of carboxylic acids is 1. The number of amides is 1. The van der Waals surface area contributed by atoms with Crippen molar-refractivity contribution in [3.63, 3.8) is 0 Å². The van der Waals surface area contributed by atoms with Crippen LogP contribution in [0.5, 0.6) is 0 Å². The standard InChI is InChI=1S/C13H9ClF2N2O3/c14-8-4-7(15)5-9(16)12(8)17-11(19)6-18-3-1-2-10(18)13(20)21/h1-5H,6H2,(H,17,19)(H,20,21). The van der Waals surface area contributed by atoms with E-state index in [1.807, 2.05) is 0 Å². The van der Waals surface area contributed by atoms with Gasteiger partial charge in [0.1, 0.15) is 18.1 Å². The lowest BCUT2D eigenvalue weighted by Crippen LogP contribution is -2.21. The molecular formula is C13H9ClF2N2O3. The first-order chi connectivity index (χ1) is 9.88. The topological polar surface area (TPSA) is 71.3 Å². The zero-order valence-corrected chi connectivity index (χ0v) is 11.2. The minimum Gasteiger partial charge on any atom is -0.477 e. The van der Waals surface area contributed by atoms with E-state index >= 15 is 0 Å². The smallest absolute Gasteiger partial charge is 0.352 e. The van der Waals surface area contributed by atoms with E-state index in [1.54, 1.807) is 0 Å². The van der Waals surface area contributed by atoms with Crippen LogP contribution in [0.4, 0.5) is 14.5 Å². The second kappa shape index (κ2) is 5.92. The molecule has 5 nitrogen and oxygen atoms in total. The van der Waals surface area contributed by atoms with Gasteiger partial charge in [0, 0.05) is 12.3 Å². The molecule has 0 aliphatic heterocycles. The van der Waals surface area contributed by atoms with Gasteiger partial charge in [0.05, 0.1) is 10.7 Å². The molecule has 2 rings (SSSR count). The Kier molecular flexibility index (Phi) is 4.23. The number of nitrogens with zero attached hydrogens (tertiary/aromatic N) is 1. The molecule has 0 fully saturated rings. The van der Waals surface area contributed by atoms with Gasteiger partial charge < -0.3 is 15.0 Å². The molecule has 1 aromatic heterocycles. The molecule has 0 saturated heterocycles. The summed E-state index contributed by atoms with van der Waals surface area (Å²) in [5.41, 5.74) is -0.442. The van der Waals surface area contributed by atoms with E-state index in [0.29, 0.717) is 6.07 Å². The molecule has 0 atom stereocenters. The van der Waals surface area contributed by atoms with Crippen LogP contribution < -0.4 is 5.32 Å². The van der Waals surface area contributed by atoms with Crippen molar-refractivity contribution in [2.24, 2.45) is 0 Å². The maximum atomic E-state index is 13.5. The molecule has 0 spiro atoms. The Morgan fingerprint density at radius 2 is 2.05 bits per heavy atom. The van der Waals surface area contributed by atoms with Gasteiger partial charge in [-0.15, -0.1) is 0 Å². The molecule has 0 aliphatic rings. The highest BCUT2D eigenvalue weighted by Gasteiger charge is 2.15. The van der Waals surface area contributed by atoms with Crippen LogP contribution in [0.15, 0.2) is 30.5 Å². The third-order valence-electron chi connectivity index (χ3n) is 2.63. The summed E-state index contributed by atoms with van der Waals surface area (Å²) in [6, 6.07) is 4.22. The summed E-state index contributed by atoms with van der Waals surface area (Å²) in [4.78, 5) is 22.7. The zero-order chi connectivity index (χ0) is 15.6. The maximum Gasteiger partial charge on any atom is 0.352 e. The van der Waals surface area contributed by atoms with Crippen LogP contribution in [0, 0.1) is 11.6 Å². The first-order valence-corrected chi connectivity index (χ1v) is 6.09. The molecule has 8 heteroatoms. The van der Waals surface area contributed by atoms with Crippen molar-refractivity contribution in [3.8, 4) is 0 Å². The fourth-order valence-electron chi connectivity index (χ4n) is 1.74. The van der Waals surface area contributed by atoms with Crippen molar-refractivity contribution in [2.75, 3.05) is 5.32 Å². The molecule has 0 aliphatic carbocycles. The second-order valence-electron chi connectivity index (χ2n) is 4.12. The molecule has 0 unspecified atom stereocenters. The van der Waals surface area contributed by atoms with Gasteiger partial charge in [-0.3, -0.25) is 4.79 Å². The van der Waals surface area contributed by atoms with Crippen LogP contribution in [0.1, 0.15) is 10.5 Å². The molecule has 21 heavy (non-hydrogen) atoms. The van der Waals surface area contributed by atoms with Gasteiger partial charge in [-0.1, -0.05) is 11.6 Å². The summed E-state index contributed by atoms with van der Waals surface area (Å²) < 4.78 is 27.6. The molecule has 0 radical (unpaired) electrons. The Bertz CT molecular complexity index is 692. The number of aromatic carboxylic acids is 1. The number of rotatable bonds is 4. The summed E-state index contributed by atoms with van der Waals surface area (Å²) >= 11 is 5.65. The van der Waals surface area contributed by atoms with E-state index < -0.39 is 23.5 Å². The average molecular weight is 315 g/mol. The molecular weight excluding hydrogens is 306 g/mol. The summed E-state index contributed by atoms with van der Waals surface area (Å²) in [5, 5.41) is 10.8. The summed E-state index contributed by atoms with van der Waals surface area (Å²) in [7, 11) is 0. The van der Waals surface area contributed by atoms with Crippen molar-refractivity contribution < 1.29 is 23.5 Å². The van der Waals surface area contributed by atoms with Crippen molar-refractivity contribution in [1.82, 2.24) is 4.57 Å². The summed E-state index contributed by atoms with van der Waals surface area (Å²) in [5.74, 6) is -3.77. The number of carbonyl (C=O) groups excluding carboxylic acids is 1. The van der Waals surface area contributed by atoms with Crippen LogP contribution >= 0.6 is 11.6 Å². The summed E-state index contributed by atoms with van der Waals surface area (Å²) in [6.07, 6.45) is 1.39. The lowest BCUT2D eigenvalue weighted by atomic mass is 10.3. The Morgan fingerprint density at radius 3 is 2.67 bits per heavy atom. The van der Waals surface area contributed by atoms with Crippen LogP contribution in [-0.2, 0) is 11.3 Å². The van der Waals surface area contributed by atoms with Crippen molar-refractivity contribution in [2.45, 2.75) is 6.54 Å². The van der Waals surface area contributed by atoms with Crippen molar-refractivity contribution in [1.29, 1.82) is 0 Å². The average Bonchev–Trinajstić information content (AvgIpc) is 2.82. The number of anilines is 1. The monoisotopic (exact) mass is 314 g/mol. The number of hydrogen-bond acceptors (Lipinski definition) is 2. The van der Waals surface area contributed by atoms with Gasteiger partial charge in [-0.05, 0) is 18.2 Å². The van der Waals surface area contributed by atoms with E-state index in [-0.39, 0.29) is 22.9 Å². The van der Waals surface area contributed by atoms with Gasteiger partial charge in [0.25, 0.3) is 0 Å². The molecule has 1 heterocycles. The van der Waals surface area contributed by atoms with Gasteiger partial charge in [0.15, 0.2) is 5.82 Å². The molecule has 0 bridgehead atoms. The van der Waals surface area contributed by atoms with Gasteiger partial charge in [-0.2, -0.15) is 0 Å². The SMILES string of the molecule is O=C(Cn1cccc1C(=O)O)Nc1c(F)cc(F)cc1Cl. The number of carbonyl (C=O) groups is 2. The van der Waals surface area contributed by atoms with E-state index in [2.05, 4.69) is 5.32 Å². The maximum absolute atomic E-state index is 13.5. The number of carboxylic acid groups (broad SMARTS) is 1. The highest BCUT2D eigenvalue weighted by molar-refractivity contribution is 6.33. The fraction of sp³-hybridized carbons (Fsp3) is 0.0769. The Labute approximate surface area is 122 Å². The van der Waals surface area contributed by atoms with Crippen LogP contribution in [-0.4, -0.2) is 21.6 Å². The number of halogens is 3. The van der Waals surface area contributed by atoms with Crippen LogP contribution in [0.3, 0.4) is 0 Å². The number of aromatic nitrogens is 1. The highest BCUT2D eigenvalue weighted by atomic mass is 35.5. The van der Waals surface area contributed by atoms with E-state index in [1.165, 1.54) is 22.9 Å². The molecule has 1 aromatic carbocycles. The third kappa shape index (κ3) is 3.38. The predicted octanol–water partition coefficient (Wildman–Crippen LogP) is 2.76. The summed E-state index contributed by atoms with van der Waals surface area (Å²) in [6.45, 7) is -0.345. The first kappa shape index (κ1) is 15.0. The van der Waals surface area contributed by atoms with Gasteiger partial charge >= 0.3 is 5.97 Å².